The Labute approximate surface area is 162 Å². The third kappa shape index (κ3) is 3.87. The van der Waals surface area contributed by atoms with E-state index in [1.54, 1.807) is 0 Å². The fraction of sp³-hybridized carbons (Fsp3) is 0.400. The van der Waals surface area contributed by atoms with Gasteiger partial charge in [-0.1, -0.05) is 11.1 Å². The van der Waals surface area contributed by atoms with Gasteiger partial charge < -0.3 is 5.11 Å². The third-order valence-electron chi connectivity index (χ3n) is 5.38. The third-order valence-corrected chi connectivity index (χ3v) is 5.95. The molecular formula is C20H24NO5S+. The number of carboxylic acid groups (broad SMARTS) is 1. The predicted octanol–water partition coefficient (Wildman–Crippen LogP) is 4.92. The Bertz CT molecular complexity index is 907. The van der Waals surface area contributed by atoms with Gasteiger partial charge in [-0.25, -0.2) is 5.26 Å². The molecule has 144 valence electrons. The summed E-state index contributed by atoms with van der Waals surface area (Å²) in [6.07, 6.45) is 1.72. The number of hydrogen-bond donors (Lipinski definition) is 2. The molecule has 0 aromatic heterocycles. The van der Waals surface area contributed by atoms with E-state index in [0.29, 0.717) is 6.42 Å². The number of unbranched alkanes of at least 4 members (excludes halogenated alkanes) is 1. The highest BCUT2D eigenvalue weighted by molar-refractivity contribution is 7.94. The molecule has 0 amide bonds. The van der Waals surface area contributed by atoms with Gasteiger partial charge in [0.15, 0.2) is 5.71 Å². The smallest absolute Gasteiger partial charge is 0.303 e. The summed E-state index contributed by atoms with van der Waals surface area (Å²) in [4.78, 5) is 11.6. The number of carbonyl (C=O) groups is 1. The molecule has 1 aliphatic heterocycles. The number of rotatable bonds is 8. The lowest BCUT2D eigenvalue weighted by molar-refractivity contribution is -0.439. The lowest BCUT2D eigenvalue weighted by atomic mass is 9.80. The van der Waals surface area contributed by atoms with E-state index in [9.17, 15) is 4.79 Å². The van der Waals surface area contributed by atoms with E-state index in [-0.39, 0.29) is 11.8 Å². The minimum absolute atomic E-state index is 0.110. The topological polar surface area (TPSA) is 79.0 Å². The fourth-order valence-corrected chi connectivity index (χ4v) is 4.23. The number of fused-ring (bicyclic) bond motifs is 3. The van der Waals surface area contributed by atoms with Crippen molar-refractivity contribution in [1.82, 2.24) is 0 Å². The largest absolute Gasteiger partial charge is 0.481 e. The van der Waals surface area contributed by atoms with Gasteiger partial charge in [-0.15, -0.1) is 4.33 Å². The average molecular weight is 390 g/mol. The van der Waals surface area contributed by atoms with Gasteiger partial charge in [0.05, 0.1) is 17.5 Å². The highest BCUT2D eigenvalue weighted by Crippen LogP contribution is 2.44. The van der Waals surface area contributed by atoms with Crippen LogP contribution in [0.3, 0.4) is 0 Å². The second kappa shape index (κ2) is 7.98. The summed E-state index contributed by atoms with van der Waals surface area (Å²) < 4.78 is 6.85. The molecule has 0 unspecified atom stereocenters. The lowest BCUT2D eigenvalue weighted by Gasteiger charge is -2.17. The quantitative estimate of drug-likeness (QED) is 0.219. The highest BCUT2D eigenvalue weighted by Gasteiger charge is 2.43. The molecule has 1 heterocycles. The SMILES string of the molecule is CC1=[N+](CCCCC(=O)O)c2ccc3cc(SOOO)ccc3c2C1(C)C. The van der Waals surface area contributed by atoms with E-state index in [0.717, 1.165) is 35.3 Å². The van der Waals surface area contributed by atoms with Gasteiger partial charge in [-0.2, -0.15) is 4.58 Å². The van der Waals surface area contributed by atoms with E-state index in [4.69, 9.17) is 10.4 Å². The molecule has 0 radical (unpaired) electrons. The maximum Gasteiger partial charge on any atom is 0.303 e. The van der Waals surface area contributed by atoms with Crippen molar-refractivity contribution in [1.29, 1.82) is 0 Å². The van der Waals surface area contributed by atoms with Crippen molar-refractivity contribution in [3.63, 3.8) is 0 Å². The van der Waals surface area contributed by atoms with Crippen LogP contribution in [0.4, 0.5) is 5.69 Å². The van der Waals surface area contributed by atoms with Crippen molar-refractivity contribution in [2.24, 2.45) is 0 Å². The van der Waals surface area contributed by atoms with E-state index >= 15 is 0 Å². The summed E-state index contributed by atoms with van der Waals surface area (Å²) in [6.45, 7) is 7.42. The Morgan fingerprint density at radius 3 is 2.70 bits per heavy atom. The molecule has 6 nitrogen and oxygen atoms in total. The van der Waals surface area contributed by atoms with Crippen molar-refractivity contribution in [3.8, 4) is 0 Å². The number of nitrogens with zero attached hydrogens (tertiary/aromatic N) is 1. The van der Waals surface area contributed by atoms with E-state index in [2.05, 4.69) is 52.9 Å². The van der Waals surface area contributed by atoms with Gasteiger partial charge in [0.1, 0.15) is 6.54 Å². The van der Waals surface area contributed by atoms with Crippen LogP contribution >= 0.6 is 12.0 Å². The van der Waals surface area contributed by atoms with Crippen LogP contribution in [0.15, 0.2) is 35.2 Å². The van der Waals surface area contributed by atoms with Crippen LogP contribution < -0.4 is 0 Å². The van der Waals surface area contributed by atoms with Gasteiger partial charge in [-0.3, -0.25) is 4.79 Å². The molecule has 3 rings (SSSR count). The summed E-state index contributed by atoms with van der Waals surface area (Å²) in [5, 5.41) is 23.1. The van der Waals surface area contributed by atoms with E-state index < -0.39 is 5.97 Å². The summed E-state index contributed by atoms with van der Waals surface area (Å²) in [6, 6.07) is 10.2. The summed E-state index contributed by atoms with van der Waals surface area (Å²) in [5.41, 5.74) is 3.64. The molecule has 2 aromatic carbocycles. The van der Waals surface area contributed by atoms with Gasteiger partial charge in [-0.05, 0) is 49.2 Å². The molecule has 27 heavy (non-hydrogen) atoms. The van der Waals surface area contributed by atoms with Gasteiger partial charge in [0, 0.05) is 36.3 Å². The first-order chi connectivity index (χ1) is 12.9. The maximum absolute atomic E-state index is 10.7. The normalized spacial score (nSPS) is 15.4. The first-order valence-corrected chi connectivity index (χ1v) is 9.66. The van der Waals surface area contributed by atoms with Crippen LogP contribution in [0, 0.1) is 0 Å². The zero-order chi connectivity index (χ0) is 19.6. The summed E-state index contributed by atoms with van der Waals surface area (Å²) in [7, 11) is 0. The first kappa shape index (κ1) is 19.8. The van der Waals surface area contributed by atoms with E-state index in [1.165, 1.54) is 22.3 Å². The summed E-state index contributed by atoms with van der Waals surface area (Å²) >= 11 is 0.950. The lowest BCUT2D eigenvalue weighted by Crippen LogP contribution is -2.27. The molecular weight excluding hydrogens is 366 g/mol. The number of hydrogen-bond acceptors (Lipinski definition) is 5. The Morgan fingerprint density at radius 1 is 1.22 bits per heavy atom. The monoisotopic (exact) mass is 390 g/mol. The zero-order valence-corrected chi connectivity index (χ0v) is 16.5. The summed E-state index contributed by atoms with van der Waals surface area (Å²) in [5.74, 6) is -0.743. The van der Waals surface area contributed by atoms with Crippen LogP contribution in [0.1, 0.15) is 45.6 Å². The molecule has 0 atom stereocenters. The van der Waals surface area contributed by atoms with Gasteiger partial charge >= 0.3 is 5.97 Å². The number of benzene rings is 2. The molecule has 0 spiro atoms. The van der Waals surface area contributed by atoms with Crippen LogP contribution in [-0.2, 0) is 19.6 Å². The van der Waals surface area contributed by atoms with Crippen LogP contribution in [0.5, 0.6) is 0 Å². The molecule has 7 heteroatoms. The van der Waals surface area contributed by atoms with Crippen molar-refractivity contribution in [2.45, 2.75) is 50.3 Å². The highest BCUT2D eigenvalue weighted by atomic mass is 32.2. The standard InChI is InChI=1S/C20H23NO5S/c1-13-20(2,3)19-16-9-8-15(27-26-25-24)12-14(16)7-10-17(19)21(13)11-5-4-6-18(22)23/h7-10,12H,4-6,11H2,1-3H3,(H-,22,23,24)/p+1. The molecule has 0 fully saturated rings. The minimum Gasteiger partial charge on any atom is -0.481 e. The van der Waals surface area contributed by atoms with Crippen molar-refractivity contribution in [3.05, 3.63) is 35.9 Å². The van der Waals surface area contributed by atoms with Gasteiger partial charge in [0.2, 0.25) is 5.69 Å². The molecule has 2 N–H and O–H groups in total. The number of aliphatic carboxylic acids is 1. The predicted molar refractivity (Wildman–Crippen MR) is 105 cm³/mol. The van der Waals surface area contributed by atoms with E-state index in [1.807, 2.05) is 12.1 Å². The van der Waals surface area contributed by atoms with Gasteiger partial charge in [0.25, 0.3) is 0 Å². The number of carboxylic acids is 1. The van der Waals surface area contributed by atoms with Crippen molar-refractivity contribution >= 4 is 40.2 Å². The second-order valence-electron chi connectivity index (χ2n) is 7.28. The molecule has 0 saturated carbocycles. The maximum atomic E-state index is 10.7. The van der Waals surface area contributed by atoms with Crippen molar-refractivity contribution in [2.75, 3.05) is 6.54 Å². The molecule has 1 aliphatic rings. The van der Waals surface area contributed by atoms with Crippen LogP contribution in [-0.4, -0.2) is 33.2 Å². The average Bonchev–Trinajstić information content (AvgIpc) is 2.83. The van der Waals surface area contributed by atoms with Crippen molar-refractivity contribution < 1.29 is 29.1 Å². The van der Waals surface area contributed by atoms with Crippen LogP contribution in [0.25, 0.3) is 10.8 Å². The van der Waals surface area contributed by atoms with Crippen LogP contribution in [0.2, 0.25) is 0 Å². The second-order valence-corrected chi connectivity index (χ2v) is 8.06. The minimum atomic E-state index is -0.743. The Morgan fingerprint density at radius 2 is 2.00 bits per heavy atom. The molecule has 0 bridgehead atoms. The Hall–Kier alpha value is -1.93. The zero-order valence-electron chi connectivity index (χ0n) is 15.7. The molecule has 0 saturated heterocycles. The molecule has 2 aromatic rings. The first-order valence-electron chi connectivity index (χ1n) is 8.91. The molecule has 0 aliphatic carbocycles. The fourth-order valence-electron chi connectivity index (χ4n) is 3.82. The Balaban J connectivity index is 1.94. The Kier molecular flexibility index (Phi) is 5.86.